The fourth-order valence-electron chi connectivity index (χ4n) is 2.95. The van der Waals surface area contributed by atoms with Gasteiger partial charge in [-0.2, -0.15) is 0 Å². The summed E-state index contributed by atoms with van der Waals surface area (Å²) in [5.74, 6) is 1.49. The first-order valence-electron chi connectivity index (χ1n) is 8.58. The third-order valence-corrected chi connectivity index (χ3v) is 4.26. The van der Waals surface area contributed by atoms with Gasteiger partial charge in [-0.15, -0.1) is 0 Å². The molecule has 0 spiro atoms. The van der Waals surface area contributed by atoms with Gasteiger partial charge in [-0.3, -0.25) is 0 Å². The van der Waals surface area contributed by atoms with Crippen LogP contribution in [0.25, 0.3) is 0 Å². The molecule has 1 unspecified atom stereocenters. The van der Waals surface area contributed by atoms with Crippen molar-refractivity contribution in [1.29, 1.82) is 0 Å². The van der Waals surface area contributed by atoms with Crippen molar-refractivity contribution < 1.29 is 18.9 Å². The fraction of sp³-hybridized carbons (Fsp3) is 0.400. The van der Waals surface area contributed by atoms with E-state index in [2.05, 4.69) is 17.4 Å². The molecule has 2 aromatic carbocycles. The van der Waals surface area contributed by atoms with Crippen LogP contribution in [0.15, 0.2) is 54.6 Å². The van der Waals surface area contributed by atoms with Gasteiger partial charge in [0.2, 0.25) is 0 Å². The maximum absolute atomic E-state index is 6.10. The Hall–Kier alpha value is -2.08. The van der Waals surface area contributed by atoms with E-state index in [1.807, 2.05) is 42.5 Å². The van der Waals surface area contributed by atoms with E-state index in [9.17, 15) is 0 Å². The Morgan fingerprint density at radius 2 is 1.76 bits per heavy atom. The molecule has 2 aromatic rings. The quantitative estimate of drug-likeness (QED) is 0.747. The van der Waals surface area contributed by atoms with Crippen LogP contribution < -0.4 is 14.8 Å². The zero-order chi connectivity index (χ0) is 17.4. The summed E-state index contributed by atoms with van der Waals surface area (Å²) in [6.07, 6.45) is 0. The molecule has 0 saturated carbocycles. The molecule has 0 aromatic heterocycles. The first kappa shape index (κ1) is 17.7. The van der Waals surface area contributed by atoms with Crippen LogP contribution in [0, 0.1) is 0 Å². The summed E-state index contributed by atoms with van der Waals surface area (Å²) < 4.78 is 22.9. The van der Waals surface area contributed by atoms with Gasteiger partial charge < -0.3 is 24.3 Å². The second-order valence-electron chi connectivity index (χ2n) is 5.94. The Bertz CT molecular complexity index is 641. The molecule has 0 aliphatic carbocycles. The monoisotopic (exact) mass is 343 g/mol. The molecule has 1 fully saturated rings. The molecule has 1 atom stereocenters. The first-order valence-corrected chi connectivity index (χ1v) is 8.58. The lowest BCUT2D eigenvalue weighted by Gasteiger charge is -2.37. The third-order valence-electron chi connectivity index (χ3n) is 4.26. The third kappa shape index (κ3) is 4.51. The smallest absolute Gasteiger partial charge is 0.161 e. The van der Waals surface area contributed by atoms with Gasteiger partial charge in [-0.25, -0.2) is 0 Å². The van der Waals surface area contributed by atoms with Crippen molar-refractivity contribution in [3.8, 4) is 11.5 Å². The molecule has 1 N–H and O–H groups in total. The predicted octanol–water partition coefficient (Wildman–Crippen LogP) is 2.61. The minimum Gasteiger partial charge on any atom is -0.493 e. The SMILES string of the molecule is COc1ccccc1OCCNCC1(c2ccccc2)COCCO1. The van der Waals surface area contributed by atoms with Crippen LogP contribution in [-0.4, -0.2) is 46.6 Å². The lowest BCUT2D eigenvalue weighted by Crippen LogP contribution is -2.48. The predicted molar refractivity (Wildman–Crippen MR) is 96.2 cm³/mol. The maximum atomic E-state index is 6.10. The highest BCUT2D eigenvalue weighted by Crippen LogP contribution is 2.28. The molecular weight excluding hydrogens is 318 g/mol. The van der Waals surface area contributed by atoms with Crippen molar-refractivity contribution in [2.24, 2.45) is 0 Å². The number of hydrogen-bond donors (Lipinski definition) is 1. The lowest BCUT2D eigenvalue weighted by molar-refractivity contribution is -0.160. The summed E-state index contributed by atoms with van der Waals surface area (Å²) in [4.78, 5) is 0. The van der Waals surface area contributed by atoms with E-state index < -0.39 is 5.60 Å². The van der Waals surface area contributed by atoms with Crippen molar-refractivity contribution in [1.82, 2.24) is 5.32 Å². The topological polar surface area (TPSA) is 49.0 Å². The van der Waals surface area contributed by atoms with Crippen LogP contribution in [0.3, 0.4) is 0 Å². The maximum Gasteiger partial charge on any atom is 0.161 e. The molecule has 134 valence electrons. The van der Waals surface area contributed by atoms with Gasteiger partial charge in [-0.1, -0.05) is 42.5 Å². The van der Waals surface area contributed by atoms with Gasteiger partial charge in [0.25, 0.3) is 0 Å². The van der Waals surface area contributed by atoms with Crippen LogP contribution in [0.4, 0.5) is 0 Å². The number of benzene rings is 2. The number of methoxy groups -OCH3 is 1. The highest BCUT2D eigenvalue weighted by Gasteiger charge is 2.35. The van der Waals surface area contributed by atoms with E-state index in [0.29, 0.717) is 39.5 Å². The minimum atomic E-state index is -0.441. The summed E-state index contributed by atoms with van der Waals surface area (Å²) in [5.41, 5.74) is 0.692. The van der Waals surface area contributed by atoms with E-state index in [1.165, 1.54) is 0 Å². The normalized spacial score (nSPS) is 20.2. The fourth-order valence-corrected chi connectivity index (χ4v) is 2.95. The molecule has 1 aliphatic rings. The van der Waals surface area contributed by atoms with Crippen LogP contribution in [0.1, 0.15) is 5.56 Å². The van der Waals surface area contributed by atoms with Crippen LogP contribution in [0.2, 0.25) is 0 Å². The van der Waals surface area contributed by atoms with Gasteiger partial charge in [0.05, 0.1) is 26.9 Å². The Kier molecular flexibility index (Phi) is 6.28. The van der Waals surface area contributed by atoms with E-state index in [1.54, 1.807) is 7.11 Å². The summed E-state index contributed by atoms with van der Waals surface area (Å²) in [6, 6.07) is 17.9. The molecule has 5 nitrogen and oxygen atoms in total. The lowest BCUT2D eigenvalue weighted by atomic mass is 9.93. The summed E-state index contributed by atoms with van der Waals surface area (Å²) in [7, 11) is 1.64. The number of rotatable bonds is 8. The molecule has 1 saturated heterocycles. The second kappa shape index (κ2) is 8.85. The number of nitrogens with one attached hydrogen (secondary N) is 1. The molecular formula is C20H25NO4. The average Bonchev–Trinajstić information content (AvgIpc) is 2.69. The Morgan fingerprint density at radius 3 is 2.48 bits per heavy atom. The average molecular weight is 343 g/mol. The van der Waals surface area contributed by atoms with Crippen LogP contribution in [0.5, 0.6) is 11.5 Å². The Labute approximate surface area is 148 Å². The van der Waals surface area contributed by atoms with Gasteiger partial charge in [0, 0.05) is 13.1 Å². The zero-order valence-electron chi connectivity index (χ0n) is 14.6. The number of para-hydroxylation sites is 2. The van der Waals surface area contributed by atoms with Crippen LogP contribution in [-0.2, 0) is 15.1 Å². The van der Waals surface area contributed by atoms with Crippen molar-refractivity contribution >= 4 is 0 Å². The van der Waals surface area contributed by atoms with Crippen molar-refractivity contribution in [3.63, 3.8) is 0 Å². The minimum absolute atomic E-state index is 0.441. The summed E-state index contributed by atoms with van der Waals surface area (Å²) in [5, 5.41) is 3.43. The second-order valence-corrected chi connectivity index (χ2v) is 5.94. The molecule has 3 rings (SSSR count). The van der Waals surface area contributed by atoms with E-state index in [-0.39, 0.29) is 0 Å². The highest BCUT2D eigenvalue weighted by molar-refractivity contribution is 5.39. The summed E-state index contributed by atoms with van der Waals surface area (Å²) in [6.45, 7) is 3.73. The molecule has 1 heterocycles. The molecule has 25 heavy (non-hydrogen) atoms. The van der Waals surface area contributed by atoms with Crippen molar-refractivity contribution in [2.75, 3.05) is 46.6 Å². The molecule has 0 bridgehead atoms. The van der Waals surface area contributed by atoms with Crippen molar-refractivity contribution in [2.45, 2.75) is 5.60 Å². The van der Waals surface area contributed by atoms with Gasteiger partial charge in [0.1, 0.15) is 12.2 Å². The number of ether oxygens (including phenoxy) is 4. The van der Waals surface area contributed by atoms with E-state index in [4.69, 9.17) is 18.9 Å². The van der Waals surface area contributed by atoms with Gasteiger partial charge in [-0.05, 0) is 17.7 Å². The van der Waals surface area contributed by atoms with Gasteiger partial charge >= 0.3 is 0 Å². The van der Waals surface area contributed by atoms with Gasteiger partial charge in [0.15, 0.2) is 11.5 Å². The standard InChI is InChI=1S/C20H25NO4/c1-22-18-9-5-6-10-19(18)24-12-11-21-15-20(16-23-13-14-25-20)17-7-3-2-4-8-17/h2-10,21H,11-16H2,1H3. The summed E-state index contributed by atoms with van der Waals surface area (Å²) >= 11 is 0. The molecule has 1 aliphatic heterocycles. The van der Waals surface area contributed by atoms with Crippen molar-refractivity contribution in [3.05, 3.63) is 60.2 Å². The molecule has 0 amide bonds. The van der Waals surface area contributed by atoms with Crippen LogP contribution >= 0.6 is 0 Å². The Balaban J connectivity index is 1.52. The zero-order valence-corrected chi connectivity index (χ0v) is 14.6. The largest absolute Gasteiger partial charge is 0.493 e. The van der Waals surface area contributed by atoms with E-state index >= 15 is 0 Å². The highest BCUT2D eigenvalue weighted by atomic mass is 16.6. The molecule has 5 heteroatoms. The Morgan fingerprint density at radius 1 is 1.00 bits per heavy atom. The molecule has 0 radical (unpaired) electrons. The first-order chi connectivity index (χ1) is 12.3. The van der Waals surface area contributed by atoms with E-state index in [0.717, 1.165) is 17.1 Å². The number of hydrogen-bond acceptors (Lipinski definition) is 5.